The molecule has 158 valence electrons. The third-order valence-electron chi connectivity index (χ3n) is 6.52. The Morgan fingerprint density at radius 3 is 2.45 bits per heavy atom. The van der Waals surface area contributed by atoms with Gasteiger partial charge in [0.15, 0.2) is 0 Å². The summed E-state index contributed by atoms with van der Waals surface area (Å²) in [5.41, 5.74) is 6.70. The lowest BCUT2D eigenvalue weighted by atomic mass is 9.97. The van der Waals surface area contributed by atoms with E-state index in [1.165, 1.54) is 40.7 Å². The maximum Gasteiger partial charge on any atom is 0.123 e. The van der Waals surface area contributed by atoms with Gasteiger partial charge in [0.1, 0.15) is 5.82 Å². The summed E-state index contributed by atoms with van der Waals surface area (Å²) in [7, 11) is 2.24. The molecule has 5 rings (SSSR count). The lowest BCUT2D eigenvalue weighted by Gasteiger charge is -2.32. The lowest BCUT2D eigenvalue weighted by molar-refractivity contribution is 0.222. The molecule has 6 heteroatoms. The molecule has 2 bridgehead atoms. The van der Waals surface area contributed by atoms with Gasteiger partial charge in [-0.1, -0.05) is 29.8 Å². The molecule has 2 aromatic carbocycles. The maximum absolute atomic E-state index is 14.0. The largest absolute Gasteiger partial charge is 0.344 e. The molecule has 1 saturated heterocycles. The van der Waals surface area contributed by atoms with E-state index in [2.05, 4.69) is 47.7 Å². The molecule has 2 nitrogen and oxygen atoms in total. The molecule has 0 spiro atoms. The standard InChI is InChI=1S/C23H25FN2.3FH/c1-15-3-5-16(6-4-15)11-12-26-20-9-7-17(24)13-19(20)23-21-10-8-18(25(21)2)14-22(23)26;;;/h3-7,9,13,18,21H,8,10-12,14H2,1-2H3;3*1H. The zero-order chi connectivity index (χ0) is 17.8. The topological polar surface area (TPSA) is 8.17 Å². The summed E-state index contributed by atoms with van der Waals surface area (Å²) in [6, 6.07) is 15.3. The Hall–Kier alpha value is -2.34. The van der Waals surface area contributed by atoms with Crippen LogP contribution in [-0.2, 0) is 19.4 Å². The van der Waals surface area contributed by atoms with Crippen LogP contribution in [-0.4, -0.2) is 22.6 Å². The van der Waals surface area contributed by atoms with E-state index in [-0.39, 0.29) is 19.9 Å². The second-order valence-corrected chi connectivity index (χ2v) is 8.03. The highest BCUT2D eigenvalue weighted by Crippen LogP contribution is 2.46. The second-order valence-electron chi connectivity index (χ2n) is 8.03. The number of aromatic nitrogens is 1. The van der Waals surface area contributed by atoms with Gasteiger partial charge in [-0.3, -0.25) is 19.0 Å². The summed E-state index contributed by atoms with van der Waals surface area (Å²) in [5, 5.41) is 1.13. The van der Waals surface area contributed by atoms with E-state index >= 15 is 0 Å². The summed E-state index contributed by atoms with van der Waals surface area (Å²) < 4.78 is 16.5. The van der Waals surface area contributed by atoms with Crippen molar-refractivity contribution in [1.82, 2.24) is 9.47 Å². The molecular weight excluding hydrogens is 380 g/mol. The van der Waals surface area contributed by atoms with E-state index in [4.69, 9.17) is 0 Å². The number of nitrogens with zero attached hydrogens (tertiary/aromatic N) is 2. The molecule has 0 N–H and O–H groups in total. The van der Waals surface area contributed by atoms with Crippen LogP contribution in [0.2, 0.25) is 0 Å². The first-order valence-corrected chi connectivity index (χ1v) is 9.70. The van der Waals surface area contributed by atoms with Gasteiger partial charge in [-0.2, -0.15) is 0 Å². The van der Waals surface area contributed by atoms with Crippen molar-refractivity contribution >= 4 is 10.9 Å². The highest BCUT2D eigenvalue weighted by Gasteiger charge is 2.40. The number of likely N-dealkylation sites (N-methyl/N-ethyl adjacent to an activating group) is 1. The van der Waals surface area contributed by atoms with Crippen molar-refractivity contribution in [3.63, 3.8) is 0 Å². The third kappa shape index (κ3) is 3.66. The van der Waals surface area contributed by atoms with Crippen LogP contribution >= 0.6 is 0 Å². The Morgan fingerprint density at radius 1 is 1.00 bits per heavy atom. The maximum atomic E-state index is 14.0. The molecule has 0 radical (unpaired) electrons. The minimum atomic E-state index is -0.126. The Bertz CT molecular complexity index is 981. The predicted molar refractivity (Wildman–Crippen MR) is 112 cm³/mol. The normalized spacial score (nSPS) is 19.8. The first-order chi connectivity index (χ1) is 12.6. The SMILES string of the molecule is Cc1ccc(CCn2c3c(c4cc(F)ccc42)C2CCC(C3)N2C)cc1.F.F.F. The number of fused-ring (bicyclic) bond motifs is 6. The van der Waals surface area contributed by atoms with Gasteiger partial charge in [0, 0.05) is 41.6 Å². The fourth-order valence-electron chi connectivity index (χ4n) is 5.08. The van der Waals surface area contributed by atoms with Gasteiger partial charge in [0.25, 0.3) is 0 Å². The number of rotatable bonds is 3. The zero-order valence-corrected chi connectivity index (χ0v) is 16.7. The van der Waals surface area contributed by atoms with Crippen molar-refractivity contribution in [1.29, 1.82) is 0 Å². The highest BCUT2D eigenvalue weighted by atomic mass is 19.1. The molecule has 0 saturated carbocycles. The first kappa shape index (κ1) is 22.9. The van der Waals surface area contributed by atoms with Gasteiger partial charge >= 0.3 is 0 Å². The van der Waals surface area contributed by atoms with Gasteiger partial charge in [-0.25, -0.2) is 4.39 Å². The predicted octanol–water partition coefficient (Wildman–Crippen LogP) is 5.48. The minimum Gasteiger partial charge on any atom is -0.344 e. The number of benzene rings is 2. The van der Waals surface area contributed by atoms with E-state index in [1.54, 1.807) is 12.1 Å². The van der Waals surface area contributed by atoms with Gasteiger partial charge < -0.3 is 4.57 Å². The summed E-state index contributed by atoms with van der Waals surface area (Å²) in [6.45, 7) is 3.09. The fourth-order valence-corrected chi connectivity index (χ4v) is 5.08. The Kier molecular flexibility index (Phi) is 6.78. The second kappa shape index (κ2) is 8.57. The van der Waals surface area contributed by atoms with Crippen LogP contribution < -0.4 is 0 Å². The lowest BCUT2D eigenvalue weighted by Crippen LogP contribution is -2.34. The van der Waals surface area contributed by atoms with Crippen LogP contribution in [0.3, 0.4) is 0 Å². The number of halogens is 4. The van der Waals surface area contributed by atoms with E-state index in [1.807, 2.05) is 6.07 Å². The molecule has 0 amide bonds. The quantitative estimate of drug-likeness (QED) is 0.521. The van der Waals surface area contributed by atoms with Gasteiger partial charge in [0.05, 0.1) is 0 Å². The molecule has 2 atom stereocenters. The van der Waals surface area contributed by atoms with E-state index < -0.39 is 0 Å². The van der Waals surface area contributed by atoms with Crippen LogP contribution in [0.4, 0.5) is 18.5 Å². The van der Waals surface area contributed by atoms with Crippen molar-refractivity contribution in [3.05, 3.63) is 70.7 Å². The van der Waals surface area contributed by atoms with Crippen LogP contribution in [0.15, 0.2) is 42.5 Å². The summed E-state index contributed by atoms with van der Waals surface area (Å²) in [4.78, 5) is 2.51. The fraction of sp³-hybridized carbons (Fsp3) is 0.391. The summed E-state index contributed by atoms with van der Waals surface area (Å²) in [5.74, 6) is -0.126. The van der Waals surface area contributed by atoms with Crippen molar-refractivity contribution in [3.8, 4) is 0 Å². The molecule has 0 aliphatic carbocycles. The minimum absolute atomic E-state index is 0. The highest BCUT2D eigenvalue weighted by molar-refractivity contribution is 5.86. The van der Waals surface area contributed by atoms with Gasteiger partial charge in [0.2, 0.25) is 0 Å². The van der Waals surface area contributed by atoms with Crippen molar-refractivity contribution in [2.45, 2.75) is 51.2 Å². The molecular formula is C23H28F4N2. The number of hydrogen-bond donors (Lipinski definition) is 0. The Balaban J connectivity index is 0.000001000. The van der Waals surface area contributed by atoms with Crippen LogP contribution in [0, 0.1) is 12.7 Å². The van der Waals surface area contributed by atoms with Gasteiger partial charge in [-0.05, 0) is 62.6 Å². The zero-order valence-electron chi connectivity index (χ0n) is 16.7. The molecule has 2 unspecified atom stereocenters. The number of aryl methyl sites for hydroxylation is 3. The van der Waals surface area contributed by atoms with Crippen LogP contribution in [0.25, 0.3) is 10.9 Å². The molecule has 1 aromatic heterocycles. The average molecular weight is 408 g/mol. The molecule has 2 aliphatic rings. The van der Waals surface area contributed by atoms with Crippen LogP contribution in [0.5, 0.6) is 0 Å². The molecule has 2 aliphatic heterocycles. The average Bonchev–Trinajstić information content (AvgIpc) is 3.04. The van der Waals surface area contributed by atoms with E-state index in [9.17, 15) is 4.39 Å². The van der Waals surface area contributed by atoms with Crippen LogP contribution in [0.1, 0.15) is 41.3 Å². The molecule has 1 fully saturated rings. The molecule has 3 aromatic rings. The monoisotopic (exact) mass is 408 g/mol. The summed E-state index contributed by atoms with van der Waals surface area (Å²) >= 11 is 0. The smallest absolute Gasteiger partial charge is 0.123 e. The summed E-state index contributed by atoms with van der Waals surface area (Å²) in [6.07, 6.45) is 4.55. The number of hydrogen-bond acceptors (Lipinski definition) is 1. The van der Waals surface area contributed by atoms with Crippen molar-refractivity contribution < 1.29 is 18.5 Å². The first-order valence-electron chi connectivity index (χ1n) is 9.70. The Labute approximate surface area is 168 Å². The third-order valence-corrected chi connectivity index (χ3v) is 6.52. The van der Waals surface area contributed by atoms with E-state index in [0.29, 0.717) is 12.1 Å². The Morgan fingerprint density at radius 2 is 1.72 bits per heavy atom. The van der Waals surface area contributed by atoms with Gasteiger partial charge in [-0.15, -0.1) is 0 Å². The molecule has 29 heavy (non-hydrogen) atoms. The van der Waals surface area contributed by atoms with E-state index in [0.717, 1.165) is 24.8 Å². The molecule has 3 heterocycles. The van der Waals surface area contributed by atoms with Crippen molar-refractivity contribution in [2.24, 2.45) is 0 Å². The van der Waals surface area contributed by atoms with Crippen molar-refractivity contribution in [2.75, 3.05) is 7.05 Å².